The molecule has 9 heteroatoms. The van der Waals surface area contributed by atoms with E-state index in [1.54, 1.807) is 13.2 Å². The molecule has 0 fully saturated rings. The number of nitrogens with zero attached hydrogens (tertiary/aromatic N) is 4. The molecule has 0 aliphatic heterocycles. The number of hydrogen-bond acceptors (Lipinski definition) is 7. The van der Waals surface area contributed by atoms with Gasteiger partial charge in [0, 0.05) is 30.2 Å². The number of halogens is 1. The molecule has 0 radical (unpaired) electrons. The Labute approximate surface area is 183 Å². The number of methoxy groups -OCH3 is 1. The normalized spacial score (nSPS) is 11.1. The summed E-state index contributed by atoms with van der Waals surface area (Å²) in [7, 11) is 1.59. The molecule has 1 N–H and O–H groups in total. The number of aromatic nitrogens is 4. The Morgan fingerprint density at radius 3 is 2.90 bits per heavy atom. The van der Waals surface area contributed by atoms with Crippen molar-refractivity contribution in [1.29, 1.82) is 0 Å². The lowest BCUT2D eigenvalue weighted by Crippen LogP contribution is -2.13. The lowest BCUT2D eigenvalue weighted by atomic mass is 10.2. The summed E-state index contributed by atoms with van der Waals surface area (Å²) in [6.45, 7) is 5.80. The quantitative estimate of drug-likeness (QED) is 0.398. The molecule has 3 aromatic heterocycles. The Balaban J connectivity index is 1.47. The Bertz CT molecular complexity index is 1190. The van der Waals surface area contributed by atoms with Crippen LogP contribution in [0.1, 0.15) is 19.0 Å². The van der Waals surface area contributed by atoms with Gasteiger partial charge in [0.25, 0.3) is 0 Å². The fourth-order valence-electron chi connectivity index (χ4n) is 3.42. The topological polar surface area (TPSA) is 74.1 Å². The van der Waals surface area contributed by atoms with E-state index in [1.807, 2.05) is 29.0 Å². The van der Waals surface area contributed by atoms with E-state index in [9.17, 15) is 4.39 Å². The van der Waals surface area contributed by atoms with Gasteiger partial charge in [-0.2, -0.15) is 0 Å². The Hall–Kier alpha value is -3.20. The Kier molecular flexibility index (Phi) is 6.31. The second-order valence-corrected chi connectivity index (χ2v) is 7.86. The molecular weight excluding hydrogens is 417 g/mol. The van der Waals surface area contributed by atoms with Crippen LogP contribution in [0.5, 0.6) is 11.6 Å². The average molecular weight is 442 g/mol. The first-order valence-electron chi connectivity index (χ1n) is 10.1. The summed E-state index contributed by atoms with van der Waals surface area (Å²) in [5, 5.41) is 6.72. The van der Waals surface area contributed by atoms with Crippen LogP contribution < -0.4 is 14.8 Å². The zero-order valence-corrected chi connectivity index (χ0v) is 18.5. The summed E-state index contributed by atoms with van der Waals surface area (Å²) in [6.07, 6.45) is 2.44. The van der Waals surface area contributed by atoms with Gasteiger partial charge in [0.05, 0.1) is 24.6 Å². The maximum Gasteiger partial charge on any atom is 0.225 e. The minimum atomic E-state index is -0.266. The zero-order valence-electron chi connectivity index (χ0n) is 17.7. The molecule has 7 nitrogen and oxygen atoms in total. The monoisotopic (exact) mass is 441 g/mol. The van der Waals surface area contributed by atoms with E-state index in [0.29, 0.717) is 42.7 Å². The Morgan fingerprint density at radius 1 is 1.23 bits per heavy atom. The minimum absolute atomic E-state index is 0.266. The third-order valence-electron chi connectivity index (χ3n) is 4.86. The molecule has 0 bridgehead atoms. The van der Waals surface area contributed by atoms with Crippen molar-refractivity contribution in [2.45, 2.75) is 26.8 Å². The molecular formula is C22H24FN5O2S. The third kappa shape index (κ3) is 4.46. The van der Waals surface area contributed by atoms with E-state index < -0.39 is 0 Å². The molecule has 0 saturated heterocycles. The van der Waals surface area contributed by atoms with Gasteiger partial charge < -0.3 is 19.4 Å². The summed E-state index contributed by atoms with van der Waals surface area (Å²) in [5.41, 5.74) is 2.24. The van der Waals surface area contributed by atoms with Crippen LogP contribution in [-0.2, 0) is 6.54 Å². The second-order valence-electron chi connectivity index (χ2n) is 7.00. The second kappa shape index (κ2) is 9.30. The van der Waals surface area contributed by atoms with Crippen molar-refractivity contribution in [3.8, 4) is 22.3 Å². The van der Waals surface area contributed by atoms with E-state index in [0.717, 1.165) is 28.2 Å². The fraction of sp³-hybridized carbons (Fsp3) is 0.318. The first-order chi connectivity index (χ1) is 15.1. The van der Waals surface area contributed by atoms with Gasteiger partial charge in [-0.1, -0.05) is 6.92 Å². The van der Waals surface area contributed by atoms with E-state index in [1.165, 1.54) is 23.7 Å². The van der Waals surface area contributed by atoms with Gasteiger partial charge in [-0.15, -0.1) is 11.3 Å². The smallest absolute Gasteiger partial charge is 0.225 e. The van der Waals surface area contributed by atoms with Gasteiger partial charge in [-0.05, 0) is 31.5 Å². The maximum atomic E-state index is 14.5. The van der Waals surface area contributed by atoms with Crippen LogP contribution in [0.4, 0.5) is 10.2 Å². The lowest BCUT2D eigenvalue weighted by Gasteiger charge is -2.11. The Morgan fingerprint density at radius 2 is 2.10 bits per heavy atom. The van der Waals surface area contributed by atoms with Gasteiger partial charge in [0.1, 0.15) is 34.4 Å². The van der Waals surface area contributed by atoms with Crippen LogP contribution >= 0.6 is 11.3 Å². The molecule has 0 amide bonds. The number of aryl methyl sites for hydroxylation is 1. The fourth-order valence-corrected chi connectivity index (χ4v) is 4.13. The van der Waals surface area contributed by atoms with Crippen molar-refractivity contribution in [1.82, 2.24) is 19.5 Å². The number of thiazole rings is 1. The summed E-state index contributed by atoms with van der Waals surface area (Å²) in [5.74, 6) is 1.70. The van der Waals surface area contributed by atoms with E-state index >= 15 is 0 Å². The molecule has 1 aromatic carbocycles. The van der Waals surface area contributed by atoms with Crippen molar-refractivity contribution in [3.63, 3.8) is 0 Å². The van der Waals surface area contributed by atoms with Crippen LogP contribution in [0.3, 0.4) is 0 Å². The van der Waals surface area contributed by atoms with Crippen molar-refractivity contribution < 1.29 is 13.9 Å². The molecule has 162 valence electrons. The minimum Gasteiger partial charge on any atom is -0.496 e. The predicted molar refractivity (Wildman–Crippen MR) is 121 cm³/mol. The number of nitrogens with one attached hydrogen (secondary N) is 1. The van der Waals surface area contributed by atoms with Crippen LogP contribution in [0.2, 0.25) is 0 Å². The number of ether oxygens (including phenoxy) is 2. The van der Waals surface area contributed by atoms with Crippen LogP contribution in [-0.4, -0.2) is 39.8 Å². The molecule has 0 aliphatic carbocycles. The van der Waals surface area contributed by atoms with Crippen LogP contribution in [0.25, 0.3) is 21.6 Å². The molecule has 4 aromatic rings. The molecule has 0 aliphatic rings. The number of benzene rings is 1. The zero-order chi connectivity index (χ0) is 21.8. The first kappa shape index (κ1) is 21.0. The summed E-state index contributed by atoms with van der Waals surface area (Å²) in [6, 6.07) is 6.89. The molecule has 0 saturated carbocycles. The van der Waals surface area contributed by atoms with Crippen LogP contribution in [0.15, 0.2) is 36.0 Å². The highest BCUT2D eigenvalue weighted by atomic mass is 32.1. The van der Waals surface area contributed by atoms with E-state index in [-0.39, 0.29) is 5.82 Å². The number of rotatable bonds is 9. The first-order valence-corrected chi connectivity index (χ1v) is 11.0. The molecule has 0 atom stereocenters. The van der Waals surface area contributed by atoms with Crippen molar-refractivity contribution in [2.75, 3.05) is 25.6 Å². The van der Waals surface area contributed by atoms with Crippen molar-refractivity contribution in [2.24, 2.45) is 0 Å². The van der Waals surface area contributed by atoms with Gasteiger partial charge in [-0.25, -0.2) is 19.3 Å². The number of hydrogen-bond donors (Lipinski definition) is 1. The highest BCUT2D eigenvalue weighted by Gasteiger charge is 2.14. The van der Waals surface area contributed by atoms with Gasteiger partial charge >= 0.3 is 0 Å². The predicted octanol–water partition coefficient (Wildman–Crippen LogP) is 4.91. The SMILES string of the molecule is CCCOc1csc(-c2cc(NCCn3c(C)cc4c(OC)ccc(F)c43)ncn2)n1. The molecule has 4 rings (SSSR count). The van der Waals surface area contributed by atoms with Gasteiger partial charge in [-0.3, -0.25) is 0 Å². The molecule has 31 heavy (non-hydrogen) atoms. The highest BCUT2D eigenvalue weighted by molar-refractivity contribution is 7.13. The lowest BCUT2D eigenvalue weighted by molar-refractivity contribution is 0.307. The summed E-state index contributed by atoms with van der Waals surface area (Å²) in [4.78, 5) is 13.1. The van der Waals surface area contributed by atoms with E-state index in [2.05, 4.69) is 27.2 Å². The molecule has 0 spiro atoms. The number of fused-ring (bicyclic) bond motifs is 1. The summed E-state index contributed by atoms with van der Waals surface area (Å²) >= 11 is 1.48. The molecule has 3 heterocycles. The van der Waals surface area contributed by atoms with Gasteiger partial charge in [0.15, 0.2) is 0 Å². The van der Waals surface area contributed by atoms with Crippen molar-refractivity contribution in [3.05, 3.63) is 47.5 Å². The average Bonchev–Trinajstić information content (AvgIpc) is 3.38. The van der Waals surface area contributed by atoms with E-state index in [4.69, 9.17) is 9.47 Å². The van der Waals surface area contributed by atoms with Crippen LogP contribution in [0, 0.1) is 12.7 Å². The number of anilines is 1. The largest absolute Gasteiger partial charge is 0.496 e. The standard InChI is InChI=1S/C22H24FN5O2S/c1-4-9-30-20-12-31-22(27-20)17-11-19(26-13-25-17)24-7-8-28-14(2)10-15-18(29-3)6-5-16(23)21(15)28/h5-6,10-13H,4,7-9H2,1-3H3,(H,24,25,26). The summed E-state index contributed by atoms with van der Waals surface area (Å²) < 4.78 is 27.4. The third-order valence-corrected chi connectivity index (χ3v) is 5.70. The van der Waals surface area contributed by atoms with Gasteiger partial charge in [0.2, 0.25) is 5.88 Å². The highest BCUT2D eigenvalue weighted by Crippen LogP contribution is 2.31. The van der Waals surface area contributed by atoms with Crippen molar-refractivity contribution >= 4 is 28.1 Å². The molecule has 0 unspecified atom stereocenters. The maximum absolute atomic E-state index is 14.5.